The molecule has 0 spiro atoms. The number of hydrogen-bond donors (Lipinski definition) is 0. The van der Waals surface area contributed by atoms with Crippen molar-refractivity contribution in [2.24, 2.45) is 10.8 Å². The van der Waals surface area contributed by atoms with Gasteiger partial charge in [0.1, 0.15) is 4.87 Å². The number of hydrogen-bond acceptors (Lipinski definition) is 0. The molecule has 0 aliphatic carbocycles. The Kier molecular flexibility index (Phi) is 3.50. The van der Waals surface area contributed by atoms with Gasteiger partial charge in [0.25, 0.3) is 0 Å². The third kappa shape index (κ3) is 4.58. The van der Waals surface area contributed by atoms with Gasteiger partial charge in [0, 0.05) is 5.41 Å². The predicted octanol–water partition coefficient (Wildman–Crippen LogP) is 4.08. The van der Waals surface area contributed by atoms with Gasteiger partial charge in [-0.05, 0) is 33.1 Å². The molecule has 0 N–H and O–H groups in total. The van der Waals surface area contributed by atoms with Gasteiger partial charge in [0.15, 0.2) is 0 Å². The van der Waals surface area contributed by atoms with Crippen LogP contribution < -0.4 is 0 Å². The smallest absolute Gasteiger partial charge is 0.105 e. The largest absolute Gasteiger partial charge is 0.107 e. The highest BCUT2D eigenvalue weighted by Gasteiger charge is 2.33. The van der Waals surface area contributed by atoms with Crippen LogP contribution in [0.4, 0.5) is 0 Å². The van der Waals surface area contributed by atoms with E-state index in [4.69, 9.17) is 11.6 Å². The number of halogens is 1. The fraction of sp³-hybridized carbons (Fsp3) is 0.833. The highest BCUT2D eigenvalue weighted by atomic mass is 35.5. The van der Waals surface area contributed by atoms with E-state index >= 15 is 0 Å². The summed E-state index contributed by atoms with van der Waals surface area (Å²) in [6, 6.07) is 0. The first-order valence-corrected chi connectivity index (χ1v) is 5.07. The van der Waals surface area contributed by atoms with E-state index in [1.165, 1.54) is 0 Å². The van der Waals surface area contributed by atoms with E-state index in [1.54, 1.807) is 0 Å². The van der Waals surface area contributed by atoms with Crippen LogP contribution in [0.5, 0.6) is 0 Å². The van der Waals surface area contributed by atoms with E-state index in [9.17, 15) is 0 Å². The standard InChI is InChI=1S/C12H21Cl/c1-10(2,3)8-9-12(7,13)11(4,5)6/h1-7H3. The zero-order valence-electron chi connectivity index (χ0n) is 9.88. The molecule has 0 aliphatic rings. The van der Waals surface area contributed by atoms with E-state index < -0.39 is 4.87 Å². The van der Waals surface area contributed by atoms with Crippen LogP contribution in [0.2, 0.25) is 0 Å². The van der Waals surface area contributed by atoms with Crippen molar-refractivity contribution in [2.75, 3.05) is 0 Å². The second-order valence-corrected chi connectivity index (χ2v) is 6.51. The van der Waals surface area contributed by atoms with Gasteiger partial charge < -0.3 is 0 Å². The molecule has 1 heteroatoms. The average molecular weight is 201 g/mol. The molecule has 1 unspecified atom stereocenters. The Labute approximate surface area is 88.1 Å². The molecule has 0 radical (unpaired) electrons. The predicted molar refractivity (Wildman–Crippen MR) is 60.9 cm³/mol. The first kappa shape index (κ1) is 12.8. The Morgan fingerprint density at radius 3 is 1.38 bits per heavy atom. The van der Waals surface area contributed by atoms with Crippen molar-refractivity contribution in [1.82, 2.24) is 0 Å². The Hall–Kier alpha value is -0.150. The van der Waals surface area contributed by atoms with Crippen molar-refractivity contribution < 1.29 is 0 Å². The lowest BCUT2D eigenvalue weighted by Gasteiger charge is -2.31. The molecule has 1 atom stereocenters. The van der Waals surface area contributed by atoms with Gasteiger partial charge in [-0.15, -0.1) is 11.6 Å². The van der Waals surface area contributed by atoms with E-state index in [-0.39, 0.29) is 10.8 Å². The van der Waals surface area contributed by atoms with E-state index in [0.29, 0.717) is 0 Å². The summed E-state index contributed by atoms with van der Waals surface area (Å²) >= 11 is 6.34. The summed E-state index contributed by atoms with van der Waals surface area (Å²) in [5, 5.41) is 0. The van der Waals surface area contributed by atoms with E-state index in [1.807, 2.05) is 6.92 Å². The molecule has 0 aromatic heterocycles. The Balaban J connectivity index is 4.77. The average Bonchev–Trinajstić information content (AvgIpc) is 1.79. The van der Waals surface area contributed by atoms with Crippen molar-refractivity contribution in [3.05, 3.63) is 0 Å². The quantitative estimate of drug-likeness (QED) is 0.408. The topological polar surface area (TPSA) is 0 Å². The molecule has 0 amide bonds. The lowest BCUT2D eigenvalue weighted by Crippen LogP contribution is -2.32. The monoisotopic (exact) mass is 200 g/mol. The van der Waals surface area contributed by atoms with Crippen LogP contribution in [-0.4, -0.2) is 4.87 Å². The van der Waals surface area contributed by atoms with Crippen LogP contribution in [0.25, 0.3) is 0 Å². The van der Waals surface area contributed by atoms with Crippen molar-refractivity contribution in [1.29, 1.82) is 0 Å². The van der Waals surface area contributed by atoms with Gasteiger partial charge in [-0.25, -0.2) is 0 Å². The maximum atomic E-state index is 6.34. The molecule has 0 aromatic rings. The van der Waals surface area contributed by atoms with Crippen molar-refractivity contribution in [3.8, 4) is 11.8 Å². The molecule has 0 saturated carbocycles. The summed E-state index contributed by atoms with van der Waals surface area (Å²) in [5.41, 5.74) is 0.0359. The first-order valence-electron chi connectivity index (χ1n) is 4.69. The van der Waals surface area contributed by atoms with E-state index in [0.717, 1.165) is 0 Å². The lowest BCUT2D eigenvalue weighted by molar-refractivity contribution is 0.349. The van der Waals surface area contributed by atoms with Crippen LogP contribution in [0, 0.1) is 22.7 Å². The Bertz CT molecular complexity index is 225. The van der Waals surface area contributed by atoms with Crippen LogP contribution in [0.1, 0.15) is 48.5 Å². The van der Waals surface area contributed by atoms with Crippen molar-refractivity contribution in [3.63, 3.8) is 0 Å². The Morgan fingerprint density at radius 2 is 1.15 bits per heavy atom. The highest BCUT2D eigenvalue weighted by molar-refractivity contribution is 6.26. The molecule has 0 rings (SSSR count). The van der Waals surface area contributed by atoms with Gasteiger partial charge in [0.05, 0.1) is 0 Å². The first-order chi connectivity index (χ1) is 5.46. The summed E-state index contributed by atoms with van der Waals surface area (Å²) in [6.45, 7) is 14.6. The second-order valence-electron chi connectivity index (χ2n) is 5.75. The van der Waals surface area contributed by atoms with Gasteiger partial charge >= 0.3 is 0 Å². The van der Waals surface area contributed by atoms with Crippen molar-refractivity contribution >= 4 is 11.6 Å². The molecule has 0 aromatic carbocycles. The third-order valence-electron chi connectivity index (χ3n) is 2.08. The third-order valence-corrected chi connectivity index (χ3v) is 2.74. The van der Waals surface area contributed by atoms with E-state index in [2.05, 4.69) is 53.4 Å². The Morgan fingerprint density at radius 1 is 0.769 bits per heavy atom. The fourth-order valence-electron chi connectivity index (χ4n) is 0.492. The minimum Gasteiger partial charge on any atom is -0.105 e. The minimum absolute atomic E-state index is 0.00675. The molecule has 76 valence electrons. The minimum atomic E-state index is -0.444. The summed E-state index contributed by atoms with van der Waals surface area (Å²) < 4.78 is 0. The molecule has 13 heavy (non-hydrogen) atoms. The molecule has 0 aliphatic heterocycles. The molecule has 0 fully saturated rings. The molecule has 0 bridgehead atoms. The number of alkyl halides is 1. The molecule has 0 saturated heterocycles. The van der Waals surface area contributed by atoms with Crippen LogP contribution in [0.15, 0.2) is 0 Å². The van der Waals surface area contributed by atoms with Crippen molar-refractivity contribution in [2.45, 2.75) is 53.3 Å². The maximum absolute atomic E-state index is 6.34. The highest BCUT2D eigenvalue weighted by Crippen LogP contribution is 2.35. The van der Waals surface area contributed by atoms with Crippen LogP contribution in [0.3, 0.4) is 0 Å². The summed E-state index contributed by atoms with van der Waals surface area (Å²) in [6.07, 6.45) is 0. The summed E-state index contributed by atoms with van der Waals surface area (Å²) in [5.74, 6) is 6.34. The normalized spacial score (nSPS) is 17.2. The zero-order chi connectivity index (χ0) is 10.9. The SMILES string of the molecule is CC(C)(C)C#CC(C)(Cl)C(C)(C)C. The van der Waals surface area contributed by atoms with Gasteiger partial charge in [-0.3, -0.25) is 0 Å². The van der Waals surface area contributed by atoms with Crippen LogP contribution >= 0.6 is 11.6 Å². The van der Waals surface area contributed by atoms with Gasteiger partial charge in [-0.1, -0.05) is 32.6 Å². The van der Waals surface area contributed by atoms with Gasteiger partial charge in [-0.2, -0.15) is 0 Å². The lowest BCUT2D eigenvalue weighted by atomic mass is 9.81. The summed E-state index contributed by atoms with van der Waals surface area (Å²) in [4.78, 5) is -0.444. The van der Waals surface area contributed by atoms with Gasteiger partial charge in [0.2, 0.25) is 0 Å². The molecule has 0 nitrogen and oxygen atoms in total. The van der Waals surface area contributed by atoms with Crippen LogP contribution in [-0.2, 0) is 0 Å². The number of rotatable bonds is 0. The zero-order valence-corrected chi connectivity index (χ0v) is 10.6. The molecular formula is C12H21Cl. The summed E-state index contributed by atoms with van der Waals surface area (Å²) in [7, 11) is 0. The molecular weight excluding hydrogens is 180 g/mol. The second kappa shape index (κ2) is 3.54. The maximum Gasteiger partial charge on any atom is 0.107 e. The molecule has 0 heterocycles. The fourth-order valence-corrected chi connectivity index (χ4v) is 0.540.